The number of hydrogen-bond acceptors (Lipinski definition) is 29. The van der Waals surface area contributed by atoms with E-state index in [1.54, 1.807) is 0 Å². The van der Waals surface area contributed by atoms with Crippen molar-refractivity contribution in [1.29, 1.82) is 0 Å². The molecule has 29 heteroatoms. The molecule has 0 aromatic carbocycles. The molecule has 1 unspecified atom stereocenters. The molecule has 6 rings (SSSR count). The molecule has 65 heavy (non-hydrogen) atoms. The Morgan fingerprint density at radius 2 is 0.585 bits per heavy atom. The summed E-state index contributed by atoms with van der Waals surface area (Å²) in [5.74, 6) is 0. The van der Waals surface area contributed by atoms with Crippen molar-refractivity contribution in [3.8, 4) is 0 Å². The molecule has 380 valence electrons. The summed E-state index contributed by atoms with van der Waals surface area (Å²) in [5.41, 5.74) is 0. The van der Waals surface area contributed by atoms with E-state index in [1.807, 2.05) is 0 Å². The Kier molecular flexibility index (Phi) is 18.2. The van der Waals surface area contributed by atoms with Gasteiger partial charge in [0.2, 0.25) is 0 Å². The van der Waals surface area contributed by atoms with Crippen molar-refractivity contribution >= 4 is 0 Å². The third-order valence-corrected chi connectivity index (χ3v) is 12.3. The van der Waals surface area contributed by atoms with Gasteiger partial charge in [0.1, 0.15) is 134 Å². The SMILES string of the molecule is C[C@@H]1OC(O)[C@H](O)[C@H](O)[C@H]1O[C@H]1O[C@H](CO)[C@@H](O)[C@H](O)[C@@H]1O[C@H]1O[C@H](CO)[C@H](O)[C@H](O[C@@H]2O[C@@H](C)[C@H](O[C@H]3O[C@H](CO)[C@@H](O)[C@H](O)[C@@H]3O[C@H]3O[C@H](CO)[C@H](O)[C@H](O)[C@H]3O)[C@@H](O)[C@H]2O)[C@H]1O. The van der Waals surface area contributed by atoms with Crippen molar-refractivity contribution in [3.63, 3.8) is 0 Å². The van der Waals surface area contributed by atoms with Gasteiger partial charge < -0.3 is 144 Å². The predicted octanol–water partition coefficient (Wildman–Crippen LogP) is -12.0. The molecule has 6 aliphatic heterocycles. The average molecular weight is 959 g/mol. The summed E-state index contributed by atoms with van der Waals surface area (Å²) in [6.45, 7) is -0.961. The molecule has 6 heterocycles. The highest BCUT2D eigenvalue weighted by Crippen LogP contribution is 2.37. The lowest BCUT2D eigenvalue weighted by atomic mass is 9.95. The van der Waals surface area contributed by atoms with Crippen LogP contribution in [-0.4, -0.2) is 303 Å². The maximum atomic E-state index is 11.5. The van der Waals surface area contributed by atoms with Gasteiger partial charge in [-0.3, -0.25) is 0 Å². The maximum absolute atomic E-state index is 11.5. The zero-order valence-electron chi connectivity index (χ0n) is 34.7. The van der Waals surface area contributed by atoms with E-state index >= 15 is 0 Å². The van der Waals surface area contributed by atoms with Crippen molar-refractivity contribution in [2.45, 2.75) is 198 Å². The van der Waals surface area contributed by atoms with Crippen molar-refractivity contribution in [2.24, 2.45) is 0 Å². The minimum absolute atomic E-state index is 0.852. The topological polar surface area (TPSA) is 466 Å². The highest BCUT2D eigenvalue weighted by molar-refractivity contribution is 4.99. The van der Waals surface area contributed by atoms with Crippen LogP contribution in [0.1, 0.15) is 13.8 Å². The fourth-order valence-electron chi connectivity index (χ4n) is 8.42. The van der Waals surface area contributed by atoms with Gasteiger partial charge in [-0.1, -0.05) is 0 Å². The Labute approximate surface area is 368 Å². The van der Waals surface area contributed by atoms with E-state index < -0.39 is 211 Å². The van der Waals surface area contributed by atoms with Gasteiger partial charge in [-0.15, -0.1) is 0 Å². The molecule has 0 bridgehead atoms. The second kappa shape index (κ2) is 22.3. The first-order valence-corrected chi connectivity index (χ1v) is 20.9. The van der Waals surface area contributed by atoms with Crippen LogP contribution in [0.5, 0.6) is 0 Å². The van der Waals surface area contributed by atoms with Gasteiger partial charge in [0.15, 0.2) is 37.7 Å². The minimum Gasteiger partial charge on any atom is -0.394 e. The zero-order chi connectivity index (χ0) is 47.9. The molecular formula is C36H62O29. The average Bonchev–Trinajstić information content (AvgIpc) is 3.28. The molecule has 0 spiro atoms. The fourth-order valence-corrected chi connectivity index (χ4v) is 8.42. The summed E-state index contributed by atoms with van der Waals surface area (Å²) < 4.78 is 62.0. The zero-order valence-corrected chi connectivity index (χ0v) is 34.7. The molecule has 6 fully saturated rings. The molecule has 6 saturated heterocycles. The minimum atomic E-state index is -2.15. The first-order valence-electron chi connectivity index (χ1n) is 20.9. The molecule has 0 aromatic heterocycles. The van der Waals surface area contributed by atoms with E-state index in [0.29, 0.717) is 0 Å². The van der Waals surface area contributed by atoms with Gasteiger partial charge in [0.05, 0.1) is 38.6 Å². The van der Waals surface area contributed by atoms with E-state index in [1.165, 1.54) is 13.8 Å². The molecule has 0 amide bonds. The van der Waals surface area contributed by atoms with Crippen LogP contribution in [0, 0.1) is 0 Å². The van der Waals surface area contributed by atoms with E-state index in [4.69, 9.17) is 52.1 Å². The van der Waals surface area contributed by atoms with Crippen molar-refractivity contribution in [2.75, 3.05) is 26.4 Å². The molecule has 18 N–H and O–H groups in total. The van der Waals surface area contributed by atoms with E-state index in [-0.39, 0.29) is 0 Å². The summed E-state index contributed by atoms with van der Waals surface area (Å²) in [6, 6.07) is 0. The molecule has 0 aliphatic carbocycles. The van der Waals surface area contributed by atoms with E-state index in [9.17, 15) is 91.9 Å². The first kappa shape index (κ1) is 53.2. The molecule has 0 saturated carbocycles. The summed E-state index contributed by atoms with van der Waals surface area (Å²) >= 11 is 0. The summed E-state index contributed by atoms with van der Waals surface area (Å²) in [4.78, 5) is 0. The Morgan fingerprint density at radius 3 is 1.05 bits per heavy atom. The normalized spacial score (nSPS) is 54.6. The highest BCUT2D eigenvalue weighted by Gasteiger charge is 2.57. The first-order chi connectivity index (χ1) is 30.7. The predicted molar refractivity (Wildman–Crippen MR) is 196 cm³/mol. The second-order valence-corrected chi connectivity index (χ2v) is 16.7. The number of aliphatic hydroxyl groups excluding tert-OH is 18. The maximum Gasteiger partial charge on any atom is 0.187 e. The standard InChI is InChI=1S/C36H62O29/c1-7-26(20(48)22(50)31(54)55-7)61-36-30(19(47)15(43)11(5-39)60-36)65-34-25(53)28(16(44)12(6-40)58-34)63-32-24(52)21(49)27(8(2)56-32)62-35-29(18(46)14(42)10(4-38)59-35)64-33-23(51)17(45)13(41)9(3-37)57-33/h7-54H,3-6H2,1-2H3/t7-,8-,9+,10+,11+,12+,13-,14+,15+,16-,17-,18-,19-,20-,21-,22+,23+,24+,25+,26-,27-,28-,29-,30-,31?,32-,33+,34+,35+,36+/m0/s1. The van der Waals surface area contributed by atoms with Gasteiger partial charge in [0, 0.05) is 0 Å². The van der Waals surface area contributed by atoms with Crippen molar-refractivity contribution in [3.05, 3.63) is 0 Å². The van der Waals surface area contributed by atoms with Crippen LogP contribution >= 0.6 is 0 Å². The smallest absolute Gasteiger partial charge is 0.187 e. The van der Waals surface area contributed by atoms with Crippen LogP contribution in [0.4, 0.5) is 0 Å². The Balaban J connectivity index is 1.17. The number of ether oxygens (including phenoxy) is 11. The second-order valence-electron chi connectivity index (χ2n) is 16.7. The van der Waals surface area contributed by atoms with Crippen molar-refractivity contribution in [1.82, 2.24) is 0 Å². The van der Waals surface area contributed by atoms with Gasteiger partial charge in [0.25, 0.3) is 0 Å². The molecule has 29 nitrogen and oxygen atoms in total. The molecular weight excluding hydrogens is 896 g/mol. The summed E-state index contributed by atoms with van der Waals surface area (Å²) in [5, 5.41) is 190. The van der Waals surface area contributed by atoms with Crippen LogP contribution in [0.25, 0.3) is 0 Å². The van der Waals surface area contributed by atoms with Crippen LogP contribution in [0.15, 0.2) is 0 Å². The molecule has 6 aliphatic rings. The van der Waals surface area contributed by atoms with Crippen LogP contribution in [0.2, 0.25) is 0 Å². The lowest BCUT2D eigenvalue weighted by Crippen LogP contribution is -2.68. The molecule has 0 aromatic rings. The monoisotopic (exact) mass is 958 g/mol. The van der Waals surface area contributed by atoms with Crippen LogP contribution in [-0.2, 0) is 52.1 Å². The Morgan fingerprint density at radius 1 is 0.277 bits per heavy atom. The number of rotatable bonds is 14. The largest absolute Gasteiger partial charge is 0.394 e. The van der Waals surface area contributed by atoms with E-state index in [0.717, 1.165) is 0 Å². The van der Waals surface area contributed by atoms with Gasteiger partial charge in [-0.25, -0.2) is 0 Å². The van der Waals surface area contributed by atoms with Gasteiger partial charge in [-0.2, -0.15) is 0 Å². The lowest BCUT2D eigenvalue weighted by molar-refractivity contribution is -0.402. The highest BCUT2D eigenvalue weighted by atomic mass is 16.8. The van der Waals surface area contributed by atoms with Crippen molar-refractivity contribution < 1.29 is 144 Å². The number of hydrogen-bond donors (Lipinski definition) is 18. The third kappa shape index (κ3) is 10.8. The molecule has 30 atom stereocenters. The number of aliphatic hydroxyl groups is 18. The third-order valence-electron chi connectivity index (χ3n) is 12.3. The quantitative estimate of drug-likeness (QED) is 0.0768. The van der Waals surface area contributed by atoms with Gasteiger partial charge >= 0.3 is 0 Å². The fraction of sp³-hybridized carbons (Fsp3) is 1.00. The molecule has 0 radical (unpaired) electrons. The summed E-state index contributed by atoms with van der Waals surface area (Å²) in [6.07, 6.45) is -54.5. The summed E-state index contributed by atoms with van der Waals surface area (Å²) in [7, 11) is 0. The van der Waals surface area contributed by atoms with Crippen LogP contribution < -0.4 is 0 Å². The van der Waals surface area contributed by atoms with E-state index in [2.05, 4.69) is 0 Å². The lowest BCUT2D eigenvalue weighted by Gasteiger charge is -2.50. The Hall–Kier alpha value is -1.16. The Bertz CT molecular complexity index is 1470. The van der Waals surface area contributed by atoms with Crippen LogP contribution in [0.3, 0.4) is 0 Å². The van der Waals surface area contributed by atoms with Gasteiger partial charge in [-0.05, 0) is 13.8 Å².